The van der Waals surface area contributed by atoms with Gasteiger partial charge in [0, 0.05) is 65.4 Å². The van der Waals surface area contributed by atoms with Crippen molar-refractivity contribution in [1.82, 2.24) is 14.5 Å². The van der Waals surface area contributed by atoms with E-state index in [1.807, 2.05) is 182 Å². The Bertz CT molecular complexity index is 3360. The normalized spacial score (nSPS) is 18.0. The lowest BCUT2D eigenvalue weighted by atomic mass is 9.95. The lowest BCUT2D eigenvalue weighted by molar-refractivity contribution is -0.235. The molecule has 0 radical (unpaired) electrons. The minimum atomic E-state index is -0.639. The van der Waals surface area contributed by atoms with Gasteiger partial charge in [0.05, 0.1) is 49.2 Å². The third-order valence-corrected chi connectivity index (χ3v) is 13.6. The van der Waals surface area contributed by atoms with E-state index in [-0.39, 0.29) is 6.61 Å². The summed E-state index contributed by atoms with van der Waals surface area (Å²) in [5.41, 5.74) is 8.47. The van der Waals surface area contributed by atoms with Gasteiger partial charge in [0.15, 0.2) is 0 Å². The Morgan fingerprint density at radius 3 is 1.62 bits per heavy atom. The van der Waals surface area contributed by atoms with Crippen LogP contribution in [0.5, 0.6) is 11.5 Å². The third kappa shape index (κ3) is 10.5. The van der Waals surface area contributed by atoms with E-state index >= 15 is 0 Å². The van der Waals surface area contributed by atoms with Crippen LogP contribution in [-0.4, -0.2) is 58.2 Å². The maximum atomic E-state index is 14.7. The topological polar surface area (TPSA) is 113 Å². The van der Waals surface area contributed by atoms with Crippen molar-refractivity contribution in [2.75, 3.05) is 13.7 Å². The average molecular weight is 970 g/mol. The van der Waals surface area contributed by atoms with Gasteiger partial charge in [-0.2, -0.15) is 0 Å². The minimum Gasteiger partial charge on any atom is -0.489 e. The first-order valence-electron chi connectivity index (χ1n) is 24.7. The highest BCUT2D eigenvalue weighted by Gasteiger charge is 2.44. The molecule has 2 aromatic heterocycles. The molecule has 11 rings (SSSR count). The molecule has 11 nitrogen and oxygen atoms in total. The summed E-state index contributed by atoms with van der Waals surface area (Å²) in [6.45, 7) is 2.03. The molecular weight excluding hydrogens is 915 g/mol. The zero-order chi connectivity index (χ0) is 49.5. The number of aromatic amines is 1. The van der Waals surface area contributed by atoms with Crippen molar-refractivity contribution in [3.8, 4) is 11.5 Å². The monoisotopic (exact) mass is 969 g/mol. The minimum absolute atomic E-state index is 0.209. The van der Waals surface area contributed by atoms with Gasteiger partial charge in [0.2, 0.25) is 0 Å². The number of likely N-dealkylation sites (N-methyl/N-ethyl adjacent to an activating group) is 1. The summed E-state index contributed by atoms with van der Waals surface area (Å²) in [5.74, 6) is 0.499. The van der Waals surface area contributed by atoms with Gasteiger partial charge in [0.25, 0.3) is 11.8 Å². The van der Waals surface area contributed by atoms with Crippen LogP contribution in [0.3, 0.4) is 0 Å². The lowest BCUT2D eigenvalue weighted by Crippen LogP contribution is -2.51. The van der Waals surface area contributed by atoms with E-state index < -0.39 is 36.4 Å². The van der Waals surface area contributed by atoms with Gasteiger partial charge in [-0.1, -0.05) is 152 Å². The van der Waals surface area contributed by atoms with Crippen molar-refractivity contribution in [2.45, 2.75) is 64.0 Å². The van der Waals surface area contributed by atoms with Crippen LogP contribution in [0.1, 0.15) is 51.6 Å². The highest BCUT2D eigenvalue weighted by molar-refractivity contribution is 6.50. The number of nitrogens with zero attached hydrogens (tertiary/aromatic N) is 2. The number of imide groups is 1. The largest absolute Gasteiger partial charge is 0.489 e. The predicted molar refractivity (Wildman–Crippen MR) is 281 cm³/mol. The zero-order valence-corrected chi connectivity index (χ0v) is 40.5. The summed E-state index contributed by atoms with van der Waals surface area (Å²) in [6.07, 6.45) is 1.92. The Labute approximate surface area is 424 Å². The maximum Gasteiger partial charge on any atom is 0.261 e. The zero-order valence-electron chi connectivity index (χ0n) is 40.5. The van der Waals surface area contributed by atoms with Crippen molar-refractivity contribution < 1.29 is 38.0 Å². The van der Waals surface area contributed by atoms with E-state index in [2.05, 4.69) is 21.7 Å². The number of nitrogens with one attached hydrogen (secondary N) is 1. The molecule has 4 atom stereocenters. The van der Waals surface area contributed by atoms with E-state index in [0.717, 1.165) is 49.6 Å². The molecule has 2 aliphatic heterocycles. The van der Waals surface area contributed by atoms with Crippen LogP contribution < -0.4 is 9.47 Å². The Hall–Kier alpha value is -8.06. The maximum absolute atomic E-state index is 14.7. The van der Waals surface area contributed by atoms with Gasteiger partial charge in [-0.15, -0.1) is 0 Å². The highest BCUT2D eigenvalue weighted by atomic mass is 16.6. The number of aromatic nitrogens is 2. The van der Waals surface area contributed by atoms with E-state index in [4.69, 9.17) is 28.4 Å². The number of H-pyrrole nitrogens is 1. The molecule has 1 N–H and O–H groups in total. The fraction of sp³-hybridized carbons (Fsp3) is 0.194. The van der Waals surface area contributed by atoms with Gasteiger partial charge in [-0.3, -0.25) is 14.5 Å². The Morgan fingerprint density at radius 2 is 1.04 bits per heavy atom. The van der Waals surface area contributed by atoms with Crippen LogP contribution in [-0.2, 0) is 61.6 Å². The molecule has 11 heteroatoms. The van der Waals surface area contributed by atoms with Gasteiger partial charge < -0.3 is 38.0 Å². The summed E-state index contributed by atoms with van der Waals surface area (Å²) in [4.78, 5) is 33.7. The quantitative estimate of drug-likeness (QED) is 0.0797. The fourth-order valence-electron chi connectivity index (χ4n) is 9.79. The number of hydrogen-bond donors (Lipinski definition) is 1. The molecule has 4 heterocycles. The van der Waals surface area contributed by atoms with E-state index in [1.54, 1.807) is 6.20 Å². The molecule has 1 saturated heterocycles. The fourth-order valence-corrected chi connectivity index (χ4v) is 9.79. The van der Waals surface area contributed by atoms with Gasteiger partial charge in [-0.25, -0.2) is 0 Å². The molecule has 73 heavy (non-hydrogen) atoms. The van der Waals surface area contributed by atoms with Gasteiger partial charge in [-0.05, 0) is 52.1 Å². The molecule has 2 amide bonds. The summed E-state index contributed by atoms with van der Waals surface area (Å²) in [5, 5.41) is 1.53. The standard InChI is InChI=1S/C62H55N3O8/c1-64-61(66)58(51-34-63-53-31-47(27-29-49(51)53)69-37-43-19-9-3-10-20-43)59(62(64)67)52-35-65(54-32-48(28-30-50(52)54)70-38-44-21-11-4-12-22-44)57-33-55(71-39-45-23-13-5-14-24-45)60(72-40-46-25-15-6-16-26-46)56(73-57)41-68-36-42-17-7-2-8-18-42/h2-32,34-35,55-57,60,63H,33,36-41H2,1H3/t55-,56-,57-,60+/m1/s1. The molecule has 0 aliphatic carbocycles. The second-order valence-corrected chi connectivity index (χ2v) is 18.5. The van der Waals surface area contributed by atoms with Crippen LogP contribution in [0.15, 0.2) is 200 Å². The van der Waals surface area contributed by atoms with Crippen LogP contribution in [0.4, 0.5) is 0 Å². The number of rotatable bonds is 19. The number of fused-ring (bicyclic) bond motifs is 2. The first kappa shape index (κ1) is 47.3. The smallest absolute Gasteiger partial charge is 0.261 e. The van der Waals surface area contributed by atoms with Crippen LogP contribution in [0.2, 0.25) is 0 Å². The SMILES string of the molecule is CN1C(=O)C(c2c[nH]c3cc(OCc4ccccc4)ccc23)=C(c2cn([C@H]3C[C@@H](OCc4ccccc4)[C@H](OCc4ccccc4)[C@@H](COCc4ccccc4)O3)c3cc(OCc4ccccc4)ccc23)C1=O. The molecular formula is C62H55N3O8. The number of carbonyl (C=O) groups excluding carboxylic acids is 2. The molecule has 366 valence electrons. The molecule has 2 aliphatic rings. The van der Waals surface area contributed by atoms with Crippen LogP contribution in [0, 0.1) is 0 Å². The van der Waals surface area contributed by atoms with Crippen molar-refractivity contribution in [2.24, 2.45) is 0 Å². The predicted octanol–water partition coefficient (Wildman–Crippen LogP) is 11.9. The second kappa shape index (κ2) is 21.7. The summed E-state index contributed by atoms with van der Waals surface area (Å²) >= 11 is 0. The summed E-state index contributed by atoms with van der Waals surface area (Å²) in [6, 6.07) is 61.8. The molecule has 0 spiro atoms. The van der Waals surface area contributed by atoms with E-state index in [0.29, 0.717) is 73.2 Å². The molecule has 0 saturated carbocycles. The number of ether oxygens (including phenoxy) is 6. The molecule has 0 unspecified atom stereocenters. The lowest BCUT2D eigenvalue weighted by Gasteiger charge is -2.42. The number of carbonyl (C=O) groups is 2. The van der Waals surface area contributed by atoms with Gasteiger partial charge in [0.1, 0.15) is 43.1 Å². The number of amides is 2. The van der Waals surface area contributed by atoms with Crippen LogP contribution >= 0.6 is 0 Å². The van der Waals surface area contributed by atoms with Crippen molar-refractivity contribution >= 4 is 44.8 Å². The van der Waals surface area contributed by atoms with Gasteiger partial charge >= 0.3 is 0 Å². The average Bonchev–Trinajstić information content (AvgIpc) is 4.10. The van der Waals surface area contributed by atoms with Crippen molar-refractivity contribution in [3.05, 3.63) is 239 Å². The second-order valence-electron chi connectivity index (χ2n) is 18.5. The Balaban J connectivity index is 1.00. The van der Waals surface area contributed by atoms with E-state index in [1.165, 1.54) is 11.9 Å². The van der Waals surface area contributed by atoms with Crippen LogP contribution in [0.25, 0.3) is 33.0 Å². The first-order valence-corrected chi connectivity index (χ1v) is 24.7. The highest BCUT2D eigenvalue weighted by Crippen LogP contribution is 2.44. The first-order chi connectivity index (χ1) is 35.9. The third-order valence-electron chi connectivity index (χ3n) is 13.6. The molecule has 7 aromatic carbocycles. The number of benzene rings is 7. The molecule has 0 bridgehead atoms. The Kier molecular flexibility index (Phi) is 14.1. The summed E-state index contributed by atoms with van der Waals surface area (Å²) < 4.78 is 42.1. The molecule has 1 fully saturated rings. The van der Waals surface area contributed by atoms with E-state index in [9.17, 15) is 9.59 Å². The number of hydrogen-bond acceptors (Lipinski definition) is 8. The van der Waals surface area contributed by atoms with Crippen molar-refractivity contribution in [3.63, 3.8) is 0 Å². The Morgan fingerprint density at radius 1 is 0.548 bits per heavy atom. The molecule has 9 aromatic rings. The summed E-state index contributed by atoms with van der Waals surface area (Å²) in [7, 11) is 1.53. The van der Waals surface area contributed by atoms with Crippen molar-refractivity contribution in [1.29, 1.82) is 0 Å².